The van der Waals surface area contributed by atoms with Crippen LogP contribution in [0.5, 0.6) is 23.0 Å². The third kappa shape index (κ3) is 5.39. The zero-order valence-electron chi connectivity index (χ0n) is 16.0. The molecule has 152 valence electrons. The van der Waals surface area contributed by atoms with E-state index in [-0.39, 0.29) is 5.91 Å². The van der Waals surface area contributed by atoms with Gasteiger partial charge in [0.15, 0.2) is 27.3 Å². The largest absolute Gasteiger partial charge is 0.493 e. The molecule has 7 nitrogen and oxygen atoms in total. The molecule has 0 aliphatic carbocycles. The number of carbonyl (C=O) groups excluding carboxylic acids is 1. The first-order valence-corrected chi connectivity index (χ1v) is 10.1. The number of nitrogens with zero attached hydrogens (tertiary/aromatic N) is 2. The summed E-state index contributed by atoms with van der Waals surface area (Å²) in [4.78, 5) is 11.7. The molecule has 1 aliphatic rings. The molecule has 0 atom stereocenters. The van der Waals surface area contributed by atoms with Gasteiger partial charge in [-0.3, -0.25) is 4.79 Å². The average Bonchev–Trinajstić information content (AvgIpc) is 3.07. The van der Waals surface area contributed by atoms with Crippen LogP contribution in [0.1, 0.15) is 5.56 Å². The number of para-hydroxylation sites is 2. The average molecular weight is 433 g/mol. The van der Waals surface area contributed by atoms with Gasteiger partial charge in [0.25, 0.3) is 5.91 Å². The highest BCUT2D eigenvalue weighted by Gasteiger charge is 2.25. The van der Waals surface area contributed by atoms with Crippen LogP contribution in [0.2, 0.25) is 0 Å². The fraction of sp³-hybridized carbons (Fsp3) is 0.250. The Kier molecular flexibility index (Phi) is 7.31. The third-order valence-corrected chi connectivity index (χ3v) is 5.24. The molecule has 0 saturated carbocycles. The molecule has 1 saturated heterocycles. The number of carbonyl (C=O) groups is 1. The minimum absolute atomic E-state index is 0.127. The first kappa shape index (κ1) is 20.9. The van der Waals surface area contributed by atoms with E-state index in [0.29, 0.717) is 46.3 Å². The number of benzene rings is 2. The van der Waals surface area contributed by atoms with Crippen molar-refractivity contribution >= 4 is 40.4 Å². The van der Waals surface area contributed by atoms with E-state index in [9.17, 15) is 4.79 Å². The van der Waals surface area contributed by atoms with E-state index in [1.165, 1.54) is 16.8 Å². The fourth-order valence-electron chi connectivity index (χ4n) is 2.51. The zero-order chi connectivity index (χ0) is 20.6. The van der Waals surface area contributed by atoms with Crippen LogP contribution in [0.4, 0.5) is 0 Å². The summed E-state index contributed by atoms with van der Waals surface area (Å²) in [5.74, 6) is 2.65. The van der Waals surface area contributed by atoms with Gasteiger partial charge in [0.05, 0.1) is 26.2 Å². The van der Waals surface area contributed by atoms with E-state index >= 15 is 0 Å². The summed E-state index contributed by atoms with van der Waals surface area (Å²) in [6.45, 7) is 0.675. The Balaban J connectivity index is 1.57. The number of ether oxygens (including phenoxy) is 4. The van der Waals surface area contributed by atoms with Gasteiger partial charge >= 0.3 is 0 Å². The lowest BCUT2D eigenvalue weighted by atomic mass is 10.2. The summed E-state index contributed by atoms with van der Waals surface area (Å²) in [7, 11) is 3.16. The first-order chi connectivity index (χ1) is 14.1. The fourth-order valence-corrected chi connectivity index (χ4v) is 3.47. The summed E-state index contributed by atoms with van der Waals surface area (Å²) in [6, 6.07) is 12.8. The van der Waals surface area contributed by atoms with Crippen molar-refractivity contribution in [3.63, 3.8) is 0 Å². The number of thiocarbonyl (C=S) groups is 1. The molecule has 0 bridgehead atoms. The molecule has 0 spiro atoms. The molecule has 3 rings (SSSR count). The number of thioether (sulfide) groups is 1. The molecule has 9 heteroatoms. The summed E-state index contributed by atoms with van der Waals surface area (Å²) in [5, 5.41) is 5.38. The highest BCUT2D eigenvalue weighted by Crippen LogP contribution is 2.29. The van der Waals surface area contributed by atoms with Gasteiger partial charge in [0.2, 0.25) is 0 Å². The second-order valence-electron chi connectivity index (χ2n) is 5.76. The first-order valence-electron chi connectivity index (χ1n) is 8.72. The van der Waals surface area contributed by atoms with E-state index in [0.717, 1.165) is 5.56 Å². The minimum Gasteiger partial charge on any atom is -0.493 e. The molecule has 1 amide bonds. The Labute approximate surface area is 178 Å². The molecule has 0 unspecified atom stereocenters. The lowest BCUT2D eigenvalue weighted by Gasteiger charge is -2.13. The monoisotopic (exact) mass is 432 g/mol. The number of hydrogen-bond donors (Lipinski definition) is 0. The highest BCUT2D eigenvalue weighted by atomic mass is 32.2. The van der Waals surface area contributed by atoms with Crippen molar-refractivity contribution in [2.45, 2.75) is 0 Å². The summed E-state index contributed by atoms with van der Waals surface area (Å²) in [5.41, 5.74) is 0.756. The minimum atomic E-state index is -0.127. The summed E-state index contributed by atoms with van der Waals surface area (Å²) < 4.78 is 22.6. The second-order valence-corrected chi connectivity index (χ2v) is 7.37. The van der Waals surface area contributed by atoms with Gasteiger partial charge in [0, 0.05) is 0 Å². The number of hydrazone groups is 1. The summed E-state index contributed by atoms with van der Waals surface area (Å²) >= 11 is 6.40. The Morgan fingerprint density at radius 3 is 2.31 bits per heavy atom. The predicted octanol–water partition coefficient (Wildman–Crippen LogP) is 3.36. The SMILES string of the molecule is COc1ccccc1OCCOc1ccc(/C=N\N2C(=O)CSC2=S)cc1OC. The highest BCUT2D eigenvalue weighted by molar-refractivity contribution is 8.23. The smallest absolute Gasteiger partial charge is 0.259 e. The van der Waals surface area contributed by atoms with Crippen molar-refractivity contribution in [1.82, 2.24) is 5.01 Å². The Hall–Kier alpha value is -2.78. The molecule has 29 heavy (non-hydrogen) atoms. The van der Waals surface area contributed by atoms with Crippen LogP contribution >= 0.6 is 24.0 Å². The maximum atomic E-state index is 11.7. The summed E-state index contributed by atoms with van der Waals surface area (Å²) in [6.07, 6.45) is 1.56. The van der Waals surface area contributed by atoms with Crippen molar-refractivity contribution in [3.8, 4) is 23.0 Å². The molecule has 1 aliphatic heterocycles. The van der Waals surface area contributed by atoms with Crippen molar-refractivity contribution in [2.75, 3.05) is 33.2 Å². The lowest BCUT2D eigenvalue weighted by Crippen LogP contribution is -2.22. The van der Waals surface area contributed by atoms with Crippen molar-refractivity contribution in [3.05, 3.63) is 48.0 Å². The molecule has 0 aromatic heterocycles. The second kappa shape index (κ2) is 10.1. The van der Waals surface area contributed by atoms with E-state index < -0.39 is 0 Å². The quantitative estimate of drug-likeness (QED) is 0.342. The normalized spacial score (nSPS) is 13.8. The zero-order valence-corrected chi connectivity index (χ0v) is 17.6. The van der Waals surface area contributed by atoms with E-state index in [2.05, 4.69) is 5.10 Å². The van der Waals surface area contributed by atoms with E-state index in [4.69, 9.17) is 31.2 Å². The third-order valence-electron chi connectivity index (χ3n) is 3.91. The predicted molar refractivity (Wildman–Crippen MR) is 116 cm³/mol. The van der Waals surface area contributed by atoms with Gasteiger partial charge in [-0.05, 0) is 35.9 Å². The van der Waals surface area contributed by atoms with Gasteiger partial charge in [-0.1, -0.05) is 36.1 Å². The number of amides is 1. The molecule has 0 N–H and O–H groups in total. The maximum Gasteiger partial charge on any atom is 0.259 e. The van der Waals surface area contributed by atoms with Crippen LogP contribution in [0.25, 0.3) is 0 Å². The van der Waals surface area contributed by atoms with Crippen LogP contribution < -0.4 is 18.9 Å². The maximum absolute atomic E-state index is 11.7. The van der Waals surface area contributed by atoms with Crippen LogP contribution in [0.3, 0.4) is 0 Å². The van der Waals surface area contributed by atoms with Gasteiger partial charge in [-0.25, -0.2) is 0 Å². The van der Waals surface area contributed by atoms with Crippen LogP contribution in [-0.2, 0) is 4.79 Å². The standard InChI is InChI=1S/C20H20N2O5S2/c1-24-15-5-3-4-6-16(15)26-9-10-27-17-8-7-14(11-18(17)25-2)12-21-22-19(23)13-29-20(22)28/h3-8,11-12H,9-10,13H2,1-2H3/b21-12-. The van der Waals surface area contributed by atoms with Crippen molar-refractivity contribution in [2.24, 2.45) is 5.10 Å². The van der Waals surface area contributed by atoms with E-state index in [1.54, 1.807) is 32.6 Å². The lowest BCUT2D eigenvalue weighted by molar-refractivity contribution is -0.123. The Bertz CT molecular complexity index is 903. The van der Waals surface area contributed by atoms with Crippen LogP contribution in [-0.4, -0.2) is 54.6 Å². The Morgan fingerprint density at radius 2 is 1.69 bits per heavy atom. The molecule has 2 aromatic rings. The number of methoxy groups -OCH3 is 2. The molecular weight excluding hydrogens is 412 g/mol. The molecule has 1 heterocycles. The van der Waals surface area contributed by atoms with Gasteiger partial charge in [0.1, 0.15) is 13.2 Å². The molecule has 1 fully saturated rings. The van der Waals surface area contributed by atoms with Crippen molar-refractivity contribution in [1.29, 1.82) is 0 Å². The molecule has 0 radical (unpaired) electrons. The molecule has 2 aromatic carbocycles. The van der Waals surface area contributed by atoms with Gasteiger partial charge in [-0.15, -0.1) is 0 Å². The number of rotatable bonds is 9. The van der Waals surface area contributed by atoms with Crippen LogP contribution in [0.15, 0.2) is 47.6 Å². The Morgan fingerprint density at radius 1 is 1.03 bits per heavy atom. The topological polar surface area (TPSA) is 69.6 Å². The van der Waals surface area contributed by atoms with Crippen LogP contribution in [0, 0.1) is 0 Å². The van der Waals surface area contributed by atoms with Gasteiger partial charge in [-0.2, -0.15) is 10.1 Å². The van der Waals surface area contributed by atoms with E-state index in [1.807, 2.05) is 30.3 Å². The molecular formula is C20H20N2O5S2. The van der Waals surface area contributed by atoms with Crippen molar-refractivity contribution < 1.29 is 23.7 Å². The van der Waals surface area contributed by atoms with Gasteiger partial charge < -0.3 is 18.9 Å². The number of hydrogen-bond acceptors (Lipinski definition) is 8.